The maximum absolute atomic E-state index is 5.79. The molecule has 0 unspecified atom stereocenters. The van der Waals surface area contributed by atoms with Crippen molar-refractivity contribution in [3.63, 3.8) is 0 Å². The minimum absolute atomic E-state index is 0.717. The Morgan fingerprint density at radius 3 is 1.72 bits per heavy atom. The summed E-state index contributed by atoms with van der Waals surface area (Å²) in [5.74, 6) is 0. The quantitative estimate of drug-likeness (QED) is 0.436. The highest BCUT2D eigenvalue weighted by molar-refractivity contribution is 14.1. The number of nitrogens with zero attached hydrogens (tertiary/aromatic N) is 2. The van der Waals surface area contributed by atoms with E-state index in [1.54, 1.807) is 12.4 Å². The number of hydrogen-bond acceptors (Lipinski definition) is 2. The first kappa shape index (κ1) is 13.2. The molecule has 0 fully saturated rings. The molecule has 2 aromatic rings. The van der Waals surface area contributed by atoms with Crippen molar-refractivity contribution >= 4 is 46.6 Å². The van der Waals surface area contributed by atoms with Crippen LogP contribution in [0.3, 0.4) is 0 Å². The van der Waals surface area contributed by atoms with Crippen LogP contribution in [-0.2, 0) is 0 Å². The van der Waals surface area contributed by atoms with Crippen molar-refractivity contribution in [2.24, 2.45) is 10.2 Å². The summed E-state index contributed by atoms with van der Waals surface area (Å²) in [6, 6.07) is 15.5. The lowest BCUT2D eigenvalue weighted by Crippen LogP contribution is -1.81. The summed E-state index contributed by atoms with van der Waals surface area (Å²) >= 11 is 8.06. The van der Waals surface area contributed by atoms with Crippen molar-refractivity contribution in [3.05, 3.63) is 68.3 Å². The standard InChI is InChI=1S/C14H10ClIN2/c15-13-5-1-11(2-6-13)9-17-18-10-12-3-7-14(16)8-4-12/h1-10H/b17-9+,18-10+. The van der Waals surface area contributed by atoms with Gasteiger partial charge in [-0.25, -0.2) is 0 Å². The Labute approximate surface area is 125 Å². The molecule has 90 valence electrons. The van der Waals surface area contributed by atoms with E-state index in [0.29, 0.717) is 0 Å². The fourth-order valence-corrected chi connectivity index (χ4v) is 1.78. The van der Waals surface area contributed by atoms with E-state index in [1.165, 1.54) is 3.57 Å². The highest BCUT2D eigenvalue weighted by Gasteiger charge is 1.88. The van der Waals surface area contributed by atoms with Crippen molar-refractivity contribution in [3.8, 4) is 0 Å². The van der Waals surface area contributed by atoms with Gasteiger partial charge in [0.1, 0.15) is 0 Å². The molecule has 0 spiro atoms. The third-order valence-corrected chi connectivity index (χ3v) is 3.19. The van der Waals surface area contributed by atoms with Gasteiger partial charge in [-0.2, -0.15) is 10.2 Å². The number of hydrogen-bond donors (Lipinski definition) is 0. The Morgan fingerprint density at radius 1 is 0.778 bits per heavy atom. The van der Waals surface area contributed by atoms with Gasteiger partial charge in [0.05, 0.1) is 12.4 Å². The summed E-state index contributed by atoms with van der Waals surface area (Å²) in [5, 5.41) is 8.70. The van der Waals surface area contributed by atoms with E-state index in [4.69, 9.17) is 11.6 Å². The van der Waals surface area contributed by atoms with Crippen LogP contribution in [0.15, 0.2) is 58.7 Å². The average molecular weight is 369 g/mol. The molecule has 0 heterocycles. The van der Waals surface area contributed by atoms with Crippen LogP contribution in [0.2, 0.25) is 5.02 Å². The van der Waals surface area contributed by atoms with Gasteiger partial charge in [0.2, 0.25) is 0 Å². The van der Waals surface area contributed by atoms with Crippen LogP contribution in [0, 0.1) is 3.57 Å². The average Bonchev–Trinajstić information content (AvgIpc) is 2.39. The molecule has 0 aliphatic rings. The van der Waals surface area contributed by atoms with E-state index in [0.717, 1.165) is 16.1 Å². The van der Waals surface area contributed by atoms with E-state index >= 15 is 0 Å². The van der Waals surface area contributed by atoms with Crippen LogP contribution in [0.5, 0.6) is 0 Å². The highest BCUT2D eigenvalue weighted by Crippen LogP contribution is 2.08. The molecular formula is C14H10ClIN2. The summed E-state index contributed by atoms with van der Waals surface area (Å²) in [6.07, 6.45) is 3.42. The zero-order valence-electron chi connectivity index (χ0n) is 9.42. The number of rotatable bonds is 3. The van der Waals surface area contributed by atoms with E-state index in [1.807, 2.05) is 48.5 Å². The largest absolute Gasteiger partial charge is 0.159 e. The van der Waals surface area contributed by atoms with Gasteiger partial charge in [-0.3, -0.25) is 0 Å². The first-order valence-electron chi connectivity index (χ1n) is 5.31. The van der Waals surface area contributed by atoms with E-state index in [2.05, 4.69) is 32.8 Å². The van der Waals surface area contributed by atoms with Gasteiger partial charge in [0, 0.05) is 8.59 Å². The summed E-state index contributed by atoms with van der Waals surface area (Å²) < 4.78 is 1.20. The Kier molecular flexibility index (Phi) is 4.90. The maximum atomic E-state index is 5.79. The van der Waals surface area contributed by atoms with Gasteiger partial charge < -0.3 is 0 Å². The molecule has 18 heavy (non-hydrogen) atoms. The maximum Gasteiger partial charge on any atom is 0.0568 e. The van der Waals surface area contributed by atoms with Crippen LogP contribution < -0.4 is 0 Å². The van der Waals surface area contributed by atoms with Crippen LogP contribution in [0.25, 0.3) is 0 Å². The molecule has 0 radical (unpaired) electrons. The second-order valence-corrected chi connectivity index (χ2v) is 5.27. The van der Waals surface area contributed by atoms with E-state index < -0.39 is 0 Å². The second-order valence-electron chi connectivity index (χ2n) is 3.59. The molecule has 0 bridgehead atoms. The Bertz CT molecular complexity index is 506. The molecular weight excluding hydrogens is 359 g/mol. The van der Waals surface area contributed by atoms with Crippen molar-refractivity contribution in [1.29, 1.82) is 0 Å². The van der Waals surface area contributed by atoms with Crippen LogP contribution in [0.1, 0.15) is 11.1 Å². The normalized spacial score (nSPS) is 11.4. The van der Waals surface area contributed by atoms with Gasteiger partial charge in [-0.15, -0.1) is 0 Å². The molecule has 0 saturated heterocycles. The minimum Gasteiger partial charge on any atom is -0.159 e. The SMILES string of the molecule is Clc1ccc(/C=N/N=C/c2ccc(I)cc2)cc1. The number of benzene rings is 2. The monoisotopic (exact) mass is 368 g/mol. The van der Waals surface area contributed by atoms with Gasteiger partial charge in [0.15, 0.2) is 0 Å². The van der Waals surface area contributed by atoms with E-state index in [9.17, 15) is 0 Å². The molecule has 0 amide bonds. The fraction of sp³-hybridized carbons (Fsp3) is 0. The zero-order chi connectivity index (χ0) is 12.8. The molecule has 0 atom stereocenters. The van der Waals surface area contributed by atoms with Crippen LogP contribution >= 0.6 is 34.2 Å². The first-order valence-corrected chi connectivity index (χ1v) is 6.77. The summed E-state index contributed by atoms with van der Waals surface area (Å²) in [7, 11) is 0. The van der Waals surface area contributed by atoms with Gasteiger partial charge >= 0.3 is 0 Å². The van der Waals surface area contributed by atoms with Crippen LogP contribution in [0.4, 0.5) is 0 Å². The highest BCUT2D eigenvalue weighted by atomic mass is 127. The molecule has 0 aliphatic heterocycles. The van der Waals surface area contributed by atoms with Gasteiger partial charge in [-0.05, 0) is 58.0 Å². The third kappa shape index (κ3) is 4.23. The van der Waals surface area contributed by atoms with Crippen LogP contribution in [-0.4, -0.2) is 12.4 Å². The lowest BCUT2D eigenvalue weighted by Gasteiger charge is -1.92. The topological polar surface area (TPSA) is 24.7 Å². The third-order valence-electron chi connectivity index (χ3n) is 2.22. The van der Waals surface area contributed by atoms with E-state index in [-0.39, 0.29) is 0 Å². The zero-order valence-corrected chi connectivity index (χ0v) is 12.3. The van der Waals surface area contributed by atoms with Crippen molar-refractivity contribution in [2.45, 2.75) is 0 Å². The molecule has 2 nitrogen and oxygen atoms in total. The van der Waals surface area contributed by atoms with Crippen molar-refractivity contribution in [2.75, 3.05) is 0 Å². The molecule has 0 aromatic heterocycles. The Balaban J connectivity index is 1.98. The first-order chi connectivity index (χ1) is 8.74. The predicted octanol–water partition coefficient (Wildman–Crippen LogP) is 4.40. The molecule has 4 heteroatoms. The fourth-order valence-electron chi connectivity index (χ4n) is 1.30. The van der Waals surface area contributed by atoms with Gasteiger partial charge in [-0.1, -0.05) is 35.9 Å². The summed E-state index contributed by atoms with van der Waals surface area (Å²) in [5.41, 5.74) is 2.00. The molecule has 0 aliphatic carbocycles. The number of halogens is 2. The Morgan fingerprint density at radius 2 is 1.22 bits per heavy atom. The van der Waals surface area contributed by atoms with Gasteiger partial charge in [0.25, 0.3) is 0 Å². The molecule has 2 aromatic carbocycles. The minimum atomic E-state index is 0.717. The molecule has 0 N–H and O–H groups in total. The summed E-state index contributed by atoms with van der Waals surface area (Å²) in [4.78, 5) is 0. The predicted molar refractivity (Wildman–Crippen MR) is 85.8 cm³/mol. The molecule has 2 rings (SSSR count). The lowest BCUT2D eigenvalue weighted by atomic mass is 10.2. The summed E-state index contributed by atoms with van der Waals surface area (Å²) in [6.45, 7) is 0. The lowest BCUT2D eigenvalue weighted by molar-refractivity contribution is 1.26. The second kappa shape index (κ2) is 6.66. The Hall–Kier alpha value is -1.20. The smallest absolute Gasteiger partial charge is 0.0568 e. The van der Waals surface area contributed by atoms with Crippen molar-refractivity contribution in [1.82, 2.24) is 0 Å². The van der Waals surface area contributed by atoms with Crippen molar-refractivity contribution < 1.29 is 0 Å². The molecule has 0 saturated carbocycles.